The van der Waals surface area contributed by atoms with Gasteiger partial charge in [-0.3, -0.25) is 19.2 Å². The van der Waals surface area contributed by atoms with Crippen LogP contribution in [-0.2, 0) is 28.7 Å². The third kappa shape index (κ3) is 6.17. The predicted octanol–water partition coefficient (Wildman–Crippen LogP) is 4.43. The van der Waals surface area contributed by atoms with E-state index in [-0.39, 0.29) is 43.8 Å². The first kappa shape index (κ1) is 33.9. The second-order valence-electron chi connectivity index (χ2n) is 13.0. The van der Waals surface area contributed by atoms with Crippen LogP contribution in [0, 0.1) is 18.8 Å². The Morgan fingerprint density at radius 1 is 1.00 bits per heavy atom. The molecule has 48 heavy (non-hydrogen) atoms. The van der Waals surface area contributed by atoms with Crippen molar-refractivity contribution in [3.05, 3.63) is 89.0 Å². The van der Waals surface area contributed by atoms with Gasteiger partial charge in [0.1, 0.15) is 23.7 Å². The highest BCUT2D eigenvalue weighted by Crippen LogP contribution is 2.56. The van der Waals surface area contributed by atoms with Crippen molar-refractivity contribution in [2.75, 3.05) is 24.6 Å². The molecule has 4 aliphatic heterocycles. The lowest BCUT2D eigenvalue weighted by Crippen LogP contribution is -2.56. The van der Waals surface area contributed by atoms with Crippen molar-refractivity contribution in [1.29, 1.82) is 0 Å². The molecule has 0 aromatic heterocycles. The molecule has 6 rings (SSSR count). The van der Waals surface area contributed by atoms with Gasteiger partial charge in [-0.15, -0.1) is 0 Å². The number of hydrogen-bond acceptors (Lipinski definition) is 7. The molecule has 2 aromatic carbocycles. The van der Waals surface area contributed by atoms with Crippen LogP contribution in [0.4, 0.5) is 5.69 Å². The fraction of sp³-hybridized carbons (Fsp3) is 0.459. The Bertz CT molecular complexity index is 1590. The minimum atomic E-state index is -1.40. The monoisotopic (exact) mass is 675 g/mol. The number of unbranched alkanes of at least 4 members (excludes halogenated alkanes) is 2. The molecular formula is C37H42ClN3O7. The number of aryl methyl sites for hydroxylation is 1. The Kier molecular flexibility index (Phi) is 10.1. The summed E-state index contributed by atoms with van der Waals surface area (Å²) < 4.78 is 12.8. The fourth-order valence-electron chi connectivity index (χ4n) is 7.65. The number of carbonyl (C=O) groups is 4. The Balaban J connectivity index is 1.45. The molecule has 0 saturated carbocycles. The molecule has 2 N–H and O–H groups in total. The largest absolute Gasteiger partial charge is 0.455 e. The van der Waals surface area contributed by atoms with Crippen molar-refractivity contribution in [3.8, 4) is 0 Å². The zero-order chi connectivity index (χ0) is 34.0. The molecule has 7 atom stereocenters. The van der Waals surface area contributed by atoms with Crippen LogP contribution >= 0.6 is 11.6 Å². The van der Waals surface area contributed by atoms with E-state index in [1.54, 1.807) is 34.9 Å². The van der Waals surface area contributed by atoms with Crippen molar-refractivity contribution in [1.82, 2.24) is 10.2 Å². The van der Waals surface area contributed by atoms with E-state index in [0.29, 0.717) is 42.0 Å². The number of hydrogen-bond donors (Lipinski definition) is 2. The normalized spacial score (nSPS) is 31.2. The molecule has 4 heterocycles. The topological polar surface area (TPSA) is 125 Å². The summed E-state index contributed by atoms with van der Waals surface area (Å²) in [5.41, 5.74) is 0.598. The van der Waals surface area contributed by atoms with Gasteiger partial charge in [0.2, 0.25) is 11.8 Å². The summed E-state index contributed by atoms with van der Waals surface area (Å²) in [5.74, 6) is -3.56. The summed E-state index contributed by atoms with van der Waals surface area (Å²) in [6.45, 7) is 4.07. The van der Waals surface area contributed by atoms with Gasteiger partial charge in [-0.1, -0.05) is 78.4 Å². The zero-order valence-electron chi connectivity index (χ0n) is 27.2. The smallest absolute Gasteiger partial charge is 0.313 e. The average molecular weight is 676 g/mol. The first-order valence-electron chi connectivity index (χ1n) is 16.7. The van der Waals surface area contributed by atoms with E-state index in [2.05, 4.69) is 5.32 Å². The number of ether oxygens (including phenoxy) is 2. The molecule has 1 spiro atoms. The van der Waals surface area contributed by atoms with Crippen molar-refractivity contribution in [3.63, 3.8) is 0 Å². The van der Waals surface area contributed by atoms with Crippen molar-refractivity contribution in [2.24, 2.45) is 11.8 Å². The van der Waals surface area contributed by atoms with Crippen molar-refractivity contribution >= 4 is 41.0 Å². The maximum Gasteiger partial charge on any atom is 0.313 e. The van der Waals surface area contributed by atoms with Crippen LogP contribution in [0.5, 0.6) is 0 Å². The van der Waals surface area contributed by atoms with Crippen LogP contribution in [-0.4, -0.2) is 77.2 Å². The van der Waals surface area contributed by atoms with E-state index < -0.39 is 47.7 Å². The van der Waals surface area contributed by atoms with Crippen LogP contribution in [0.1, 0.15) is 56.3 Å². The molecule has 0 radical (unpaired) electrons. The second-order valence-corrected chi connectivity index (χ2v) is 13.4. The second kappa shape index (κ2) is 14.2. The van der Waals surface area contributed by atoms with Gasteiger partial charge >= 0.3 is 5.97 Å². The number of fused-ring (bicyclic) bond motifs is 2. The number of amides is 3. The summed E-state index contributed by atoms with van der Waals surface area (Å²) in [4.78, 5) is 59.9. The number of nitrogens with zero attached hydrogens (tertiary/aromatic N) is 2. The van der Waals surface area contributed by atoms with Gasteiger partial charge in [0.15, 0.2) is 0 Å². The minimum absolute atomic E-state index is 0.0255. The summed E-state index contributed by atoms with van der Waals surface area (Å²) in [6, 6.07) is 12.9. The number of halogens is 1. The first-order chi connectivity index (χ1) is 23.2. The van der Waals surface area contributed by atoms with Gasteiger partial charge in [0, 0.05) is 26.1 Å². The number of esters is 1. The summed E-state index contributed by atoms with van der Waals surface area (Å²) in [6.07, 6.45) is 8.01. The number of nitrogens with one attached hydrogen (secondary N) is 1. The number of para-hydroxylation sites is 1. The Morgan fingerprint density at radius 3 is 2.54 bits per heavy atom. The van der Waals surface area contributed by atoms with Gasteiger partial charge in [-0.2, -0.15) is 0 Å². The zero-order valence-corrected chi connectivity index (χ0v) is 28.0. The number of anilines is 1. The molecule has 0 unspecified atom stereocenters. The van der Waals surface area contributed by atoms with Gasteiger partial charge < -0.3 is 29.7 Å². The van der Waals surface area contributed by atoms with E-state index in [9.17, 15) is 24.3 Å². The molecular weight excluding hydrogens is 634 g/mol. The molecule has 254 valence electrons. The summed E-state index contributed by atoms with van der Waals surface area (Å²) in [5, 5.41) is 12.7. The number of rotatable bonds is 7. The molecule has 10 nitrogen and oxygen atoms in total. The number of benzene rings is 2. The van der Waals surface area contributed by atoms with Crippen LogP contribution in [0.25, 0.3) is 0 Å². The third-order valence-electron chi connectivity index (χ3n) is 9.87. The van der Waals surface area contributed by atoms with E-state index >= 15 is 0 Å². The van der Waals surface area contributed by atoms with Crippen LogP contribution in [0.3, 0.4) is 0 Å². The highest BCUT2D eigenvalue weighted by atomic mass is 35.5. The molecule has 11 heteroatoms. The van der Waals surface area contributed by atoms with Gasteiger partial charge in [-0.25, -0.2) is 0 Å². The lowest BCUT2D eigenvalue weighted by molar-refractivity contribution is -0.161. The van der Waals surface area contributed by atoms with Crippen molar-refractivity contribution < 1.29 is 33.8 Å². The van der Waals surface area contributed by atoms with E-state index in [0.717, 1.165) is 5.56 Å². The lowest BCUT2D eigenvalue weighted by Gasteiger charge is -2.36. The minimum Gasteiger partial charge on any atom is -0.455 e. The number of aliphatic hydroxyl groups excluding tert-OH is 1. The molecule has 2 fully saturated rings. The summed E-state index contributed by atoms with van der Waals surface area (Å²) >= 11 is 6.73. The number of aliphatic hydroxyl groups is 1. The van der Waals surface area contributed by atoms with Crippen molar-refractivity contribution in [2.45, 2.75) is 75.8 Å². The predicted molar refractivity (Wildman–Crippen MR) is 180 cm³/mol. The third-order valence-corrected chi connectivity index (χ3v) is 10.2. The van der Waals surface area contributed by atoms with Gasteiger partial charge in [0.05, 0.1) is 28.8 Å². The average Bonchev–Trinajstić information content (AvgIpc) is 3.71. The Hall–Kier alpha value is -3.99. The van der Waals surface area contributed by atoms with E-state index in [1.165, 1.54) is 0 Å². The molecule has 0 aliphatic carbocycles. The molecule has 2 aromatic rings. The van der Waals surface area contributed by atoms with Crippen LogP contribution in [0.15, 0.2) is 72.8 Å². The highest BCUT2D eigenvalue weighted by Gasteiger charge is 2.73. The standard InChI is InChI=1S/C37H42ClN3O7/c1-23-13-12-16-26(38)31(23)40-20-9-4-8-17-28(43)39-24(2)32(25-14-6-3-7-15-25)47-36(46)29-27-18-19-37(48-27)30(29)34(44)41(33(37)35(40)45)21-10-5-11-22-42/h3-4,6-7,9,12-16,18-19,24,27,29-30,32-33,42H,5,8,10-11,17,20-22H2,1-2H3,(H,39,43)/b9-4-/t24-,27+,29-,30-,32+,33+,37-/m0/s1. The number of cyclic esters (lactones) is 1. The maximum absolute atomic E-state index is 15.0. The molecule has 5 bridgehead atoms. The Morgan fingerprint density at radius 2 is 1.79 bits per heavy atom. The lowest BCUT2D eigenvalue weighted by atomic mass is 9.74. The van der Waals surface area contributed by atoms with Crippen LogP contribution in [0.2, 0.25) is 5.02 Å². The van der Waals surface area contributed by atoms with E-state index in [4.69, 9.17) is 21.1 Å². The molecule has 2 saturated heterocycles. The van der Waals surface area contributed by atoms with Gasteiger partial charge in [0.25, 0.3) is 5.91 Å². The molecule has 4 aliphatic rings. The van der Waals surface area contributed by atoms with Gasteiger partial charge in [-0.05, 0) is 56.7 Å². The quantitative estimate of drug-likeness (QED) is 0.253. The fourth-order valence-corrected chi connectivity index (χ4v) is 7.98. The maximum atomic E-state index is 15.0. The van der Waals surface area contributed by atoms with Crippen LogP contribution < -0.4 is 10.2 Å². The molecule has 3 amide bonds. The number of carbonyl (C=O) groups excluding carboxylic acids is 4. The summed E-state index contributed by atoms with van der Waals surface area (Å²) in [7, 11) is 0. The SMILES string of the molecule is Cc1cccc(Cl)c1N1C/C=C\CCC(=O)N[C@@H](C)[C@H](c2ccccc2)OC(=O)[C@@H]2[C@H]3C(=O)N(CCCCCO)[C@H](C1=O)[C@]31C=C[C@H]2O1. The number of likely N-dealkylation sites (tertiary alicyclic amines) is 1. The number of allylic oxidation sites excluding steroid dienone is 1. The Labute approximate surface area is 285 Å². The highest BCUT2D eigenvalue weighted by molar-refractivity contribution is 6.34. The van der Waals surface area contributed by atoms with E-state index in [1.807, 2.05) is 61.5 Å². The first-order valence-corrected chi connectivity index (χ1v) is 17.1.